The van der Waals surface area contributed by atoms with E-state index < -0.39 is 0 Å². The Labute approximate surface area is 203 Å². The molecule has 184 valence electrons. The number of nitrogens with zero attached hydrogens (tertiary/aromatic N) is 1. The van der Waals surface area contributed by atoms with Crippen molar-refractivity contribution in [1.29, 1.82) is 0 Å². The molecule has 1 heterocycles. The van der Waals surface area contributed by atoms with E-state index in [1.807, 2.05) is 46.8 Å². The van der Waals surface area contributed by atoms with Crippen LogP contribution in [0.5, 0.6) is 0 Å². The number of rotatable bonds is 11. The fourth-order valence-electron chi connectivity index (χ4n) is 3.12. The lowest BCUT2D eigenvalue weighted by atomic mass is 9.92. The molecule has 0 radical (unpaired) electrons. The molecule has 0 spiro atoms. The number of hydrogen-bond acceptors (Lipinski definition) is 5. The fourth-order valence-corrected chi connectivity index (χ4v) is 3.12. The van der Waals surface area contributed by atoms with Gasteiger partial charge >= 0.3 is 0 Å². The summed E-state index contributed by atoms with van der Waals surface area (Å²) in [7, 11) is 0. The summed E-state index contributed by atoms with van der Waals surface area (Å²) in [6.07, 6.45) is 6.59. The first kappa shape index (κ1) is 28.9. The highest BCUT2D eigenvalue weighted by Gasteiger charge is 2.17. The van der Waals surface area contributed by atoms with Crippen LogP contribution in [0.15, 0.2) is 42.7 Å². The molecule has 2 aromatic rings. The molecule has 1 amide bonds. The van der Waals surface area contributed by atoms with Crippen molar-refractivity contribution in [3.63, 3.8) is 0 Å². The van der Waals surface area contributed by atoms with Gasteiger partial charge in [-0.15, -0.1) is 0 Å². The van der Waals surface area contributed by atoms with E-state index in [2.05, 4.69) is 10.3 Å². The Morgan fingerprint density at radius 2 is 1.59 bits per heavy atom. The number of nitrogens with one attached hydrogen (secondary N) is 1. The van der Waals surface area contributed by atoms with Gasteiger partial charge in [-0.25, -0.2) is 0 Å². The predicted octanol–water partition coefficient (Wildman–Crippen LogP) is 6.10. The lowest BCUT2D eigenvalue weighted by molar-refractivity contribution is -0.121. The Bertz CT molecular complexity index is 970. The lowest BCUT2D eigenvalue weighted by Gasteiger charge is -2.13. The number of Topliss-reactive ketones (excluding diaryl/α,β-unsaturated/α-hetero) is 3. The molecule has 6 heteroatoms. The number of hydrogen-bond donors (Lipinski definition) is 1. The van der Waals surface area contributed by atoms with Crippen molar-refractivity contribution in [2.24, 2.45) is 11.8 Å². The topological polar surface area (TPSA) is 93.2 Å². The number of aromatic nitrogens is 1. The molecule has 0 aliphatic rings. The van der Waals surface area contributed by atoms with Crippen LogP contribution in [0.3, 0.4) is 0 Å². The minimum absolute atomic E-state index is 0.0116. The summed E-state index contributed by atoms with van der Waals surface area (Å²) in [5.41, 5.74) is 2.97. The van der Waals surface area contributed by atoms with Crippen LogP contribution in [-0.2, 0) is 16.0 Å². The van der Waals surface area contributed by atoms with E-state index in [-0.39, 0.29) is 35.1 Å². The SMILES string of the molecule is CCC(=O)CCC(C)C(C)=O.CCc1cc(NC(=O)c2ccncc2)ccc1C(=O)C(C)CC. The molecule has 2 atom stereocenters. The second kappa shape index (κ2) is 14.9. The highest BCUT2D eigenvalue weighted by molar-refractivity contribution is 6.05. The molecular weight excluding hydrogens is 428 g/mol. The van der Waals surface area contributed by atoms with Crippen molar-refractivity contribution in [2.75, 3.05) is 5.32 Å². The summed E-state index contributed by atoms with van der Waals surface area (Å²) >= 11 is 0. The first-order valence-corrected chi connectivity index (χ1v) is 12.0. The largest absolute Gasteiger partial charge is 0.322 e. The number of benzene rings is 1. The van der Waals surface area contributed by atoms with E-state index >= 15 is 0 Å². The van der Waals surface area contributed by atoms with Crippen molar-refractivity contribution in [1.82, 2.24) is 4.98 Å². The molecule has 0 aliphatic carbocycles. The quantitative estimate of drug-likeness (QED) is 0.404. The minimum atomic E-state index is -0.185. The summed E-state index contributed by atoms with van der Waals surface area (Å²) in [5, 5.41) is 2.86. The molecule has 0 fully saturated rings. The maximum atomic E-state index is 12.4. The Balaban J connectivity index is 0.000000445. The third-order valence-corrected chi connectivity index (χ3v) is 5.96. The average Bonchev–Trinajstić information content (AvgIpc) is 2.86. The predicted molar refractivity (Wildman–Crippen MR) is 136 cm³/mol. The number of aryl methyl sites for hydroxylation is 1. The number of carbonyl (C=O) groups excluding carboxylic acids is 4. The highest BCUT2D eigenvalue weighted by atomic mass is 16.2. The van der Waals surface area contributed by atoms with Gasteiger partial charge in [0, 0.05) is 53.9 Å². The van der Waals surface area contributed by atoms with Crippen LogP contribution in [0.2, 0.25) is 0 Å². The molecule has 1 aromatic heterocycles. The fraction of sp³-hybridized carbons (Fsp3) is 0.464. The summed E-state index contributed by atoms with van der Waals surface area (Å²) in [5.74, 6) is 0.460. The smallest absolute Gasteiger partial charge is 0.255 e. The second-order valence-corrected chi connectivity index (χ2v) is 8.53. The molecule has 0 aliphatic heterocycles. The Kier molecular flexibility index (Phi) is 12.6. The molecule has 0 saturated heterocycles. The van der Waals surface area contributed by atoms with Crippen LogP contribution in [-0.4, -0.2) is 28.2 Å². The number of carbonyl (C=O) groups is 4. The van der Waals surface area contributed by atoms with Crippen LogP contribution in [0.4, 0.5) is 5.69 Å². The first-order chi connectivity index (χ1) is 16.1. The monoisotopic (exact) mass is 466 g/mol. The third-order valence-electron chi connectivity index (χ3n) is 5.96. The van der Waals surface area contributed by atoms with E-state index in [4.69, 9.17) is 0 Å². The zero-order valence-electron chi connectivity index (χ0n) is 21.3. The normalized spacial score (nSPS) is 12.1. The van der Waals surface area contributed by atoms with Gasteiger partial charge in [0.05, 0.1) is 0 Å². The van der Waals surface area contributed by atoms with Gasteiger partial charge in [0.25, 0.3) is 5.91 Å². The molecular formula is C28H38N2O4. The summed E-state index contributed by atoms with van der Waals surface area (Å²) < 4.78 is 0. The van der Waals surface area contributed by atoms with Gasteiger partial charge in [-0.1, -0.05) is 34.6 Å². The number of pyridine rings is 1. The van der Waals surface area contributed by atoms with Crippen LogP contribution >= 0.6 is 0 Å². The molecule has 2 rings (SSSR count). The van der Waals surface area contributed by atoms with Crippen LogP contribution in [0.1, 0.15) is 93.5 Å². The standard InChI is InChI=1S/C19H22N2O2.C9H16O2/c1-4-13(3)18(22)17-7-6-16(12-14(17)5-2)21-19(23)15-8-10-20-11-9-15;1-4-9(11)6-5-7(2)8(3)10/h6-13H,4-5H2,1-3H3,(H,21,23);7H,4-6H2,1-3H3. The molecule has 0 bridgehead atoms. The Morgan fingerprint density at radius 1 is 0.941 bits per heavy atom. The van der Waals surface area contributed by atoms with Gasteiger partial charge in [-0.3, -0.25) is 24.2 Å². The van der Waals surface area contributed by atoms with Crippen LogP contribution in [0, 0.1) is 11.8 Å². The number of anilines is 1. The molecule has 0 saturated carbocycles. The van der Waals surface area contributed by atoms with Crippen molar-refractivity contribution < 1.29 is 19.2 Å². The molecule has 34 heavy (non-hydrogen) atoms. The maximum absolute atomic E-state index is 12.4. The van der Waals surface area contributed by atoms with E-state index in [0.717, 1.165) is 24.0 Å². The van der Waals surface area contributed by atoms with E-state index in [9.17, 15) is 19.2 Å². The van der Waals surface area contributed by atoms with Gasteiger partial charge in [-0.05, 0) is 62.1 Å². The summed E-state index contributed by atoms with van der Waals surface area (Å²) in [6.45, 7) is 11.3. The van der Waals surface area contributed by atoms with Crippen molar-refractivity contribution >= 4 is 28.9 Å². The van der Waals surface area contributed by atoms with Gasteiger partial charge in [0.1, 0.15) is 11.6 Å². The summed E-state index contributed by atoms with van der Waals surface area (Å²) in [4.78, 5) is 50.1. The van der Waals surface area contributed by atoms with Crippen LogP contribution in [0.25, 0.3) is 0 Å². The van der Waals surface area contributed by atoms with E-state index in [0.29, 0.717) is 30.5 Å². The van der Waals surface area contributed by atoms with Crippen molar-refractivity contribution in [3.8, 4) is 0 Å². The lowest BCUT2D eigenvalue weighted by Crippen LogP contribution is -2.15. The molecule has 1 N–H and O–H groups in total. The van der Waals surface area contributed by atoms with Crippen LogP contribution < -0.4 is 5.32 Å². The summed E-state index contributed by atoms with van der Waals surface area (Å²) in [6, 6.07) is 8.81. The average molecular weight is 467 g/mol. The van der Waals surface area contributed by atoms with Gasteiger partial charge in [-0.2, -0.15) is 0 Å². The maximum Gasteiger partial charge on any atom is 0.255 e. The molecule has 2 unspecified atom stereocenters. The molecule has 6 nitrogen and oxygen atoms in total. The second-order valence-electron chi connectivity index (χ2n) is 8.53. The van der Waals surface area contributed by atoms with Gasteiger partial charge < -0.3 is 5.32 Å². The Morgan fingerprint density at radius 3 is 2.12 bits per heavy atom. The van der Waals surface area contributed by atoms with E-state index in [1.54, 1.807) is 37.5 Å². The number of amides is 1. The highest BCUT2D eigenvalue weighted by Crippen LogP contribution is 2.21. The van der Waals surface area contributed by atoms with Crippen molar-refractivity contribution in [3.05, 3.63) is 59.4 Å². The zero-order chi connectivity index (χ0) is 25.7. The Hall–Kier alpha value is -3.15. The van der Waals surface area contributed by atoms with Gasteiger partial charge in [0.15, 0.2) is 5.78 Å². The first-order valence-electron chi connectivity index (χ1n) is 12.0. The van der Waals surface area contributed by atoms with E-state index in [1.165, 1.54) is 0 Å². The van der Waals surface area contributed by atoms with Crippen molar-refractivity contribution in [2.45, 2.75) is 73.6 Å². The van der Waals surface area contributed by atoms with Gasteiger partial charge in [0.2, 0.25) is 0 Å². The molecule has 1 aromatic carbocycles. The number of ketones is 3. The minimum Gasteiger partial charge on any atom is -0.322 e. The third kappa shape index (κ3) is 9.38. The zero-order valence-corrected chi connectivity index (χ0v) is 21.3.